The zero-order valence-electron chi connectivity index (χ0n) is 9.12. The smallest absolute Gasteiger partial charge is 0.136 e. The molecule has 0 aromatic carbocycles. The maximum absolute atomic E-state index is 10.6. The molecule has 4 heteroatoms. The number of hydrogen-bond acceptors (Lipinski definition) is 3. The summed E-state index contributed by atoms with van der Waals surface area (Å²) in [5.41, 5.74) is 1.13. The zero-order chi connectivity index (χ0) is 11.4. The van der Waals surface area contributed by atoms with Crippen LogP contribution >= 0.6 is 0 Å². The number of carbonyl (C=O) groups is 1. The van der Waals surface area contributed by atoms with Crippen molar-refractivity contribution in [2.24, 2.45) is 0 Å². The average Bonchev–Trinajstić information content (AvgIpc) is 2.17. The van der Waals surface area contributed by atoms with Gasteiger partial charge in [-0.1, -0.05) is 13.3 Å². The van der Waals surface area contributed by atoms with Crippen molar-refractivity contribution in [1.82, 2.24) is 0 Å². The summed E-state index contributed by atoms with van der Waals surface area (Å²) in [4.78, 5) is 11.5. The van der Waals surface area contributed by atoms with Crippen molar-refractivity contribution in [1.29, 1.82) is 0 Å². The Bertz CT molecular complexity index is 307. The molecule has 0 fully saturated rings. The molecule has 0 bridgehead atoms. The number of aliphatic hydroxyl groups is 1. The van der Waals surface area contributed by atoms with Crippen LogP contribution in [0.1, 0.15) is 19.8 Å². The molecule has 1 aliphatic heterocycles. The van der Waals surface area contributed by atoms with E-state index in [1.54, 1.807) is 6.08 Å². The second-order valence-electron chi connectivity index (χ2n) is 3.86. The van der Waals surface area contributed by atoms with Gasteiger partial charge in [-0.25, -0.2) is 0 Å². The first-order valence-corrected chi connectivity index (χ1v) is 5.19. The number of aliphatic carboxylic acids is 1. The van der Waals surface area contributed by atoms with Gasteiger partial charge < -0.3 is 19.9 Å². The summed E-state index contributed by atoms with van der Waals surface area (Å²) in [6.07, 6.45) is 4.34. The zero-order valence-corrected chi connectivity index (χ0v) is 9.12. The monoisotopic (exact) mass is 211 g/mol. The molecule has 0 spiro atoms. The van der Waals surface area contributed by atoms with Gasteiger partial charge in [-0.15, -0.1) is 0 Å². The van der Waals surface area contributed by atoms with Crippen molar-refractivity contribution in [2.75, 3.05) is 13.6 Å². The molecule has 1 aliphatic rings. The summed E-state index contributed by atoms with van der Waals surface area (Å²) in [5.74, 6) is -1.13. The van der Waals surface area contributed by atoms with E-state index < -0.39 is 12.1 Å². The highest BCUT2D eigenvalue weighted by atomic mass is 16.4. The van der Waals surface area contributed by atoms with Crippen LogP contribution in [-0.4, -0.2) is 30.8 Å². The van der Waals surface area contributed by atoms with Gasteiger partial charge >= 0.3 is 0 Å². The highest BCUT2D eigenvalue weighted by Gasteiger charge is 2.23. The first-order chi connectivity index (χ1) is 7.06. The molecule has 4 nitrogen and oxygen atoms in total. The van der Waals surface area contributed by atoms with Crippen LogP contribution in [0.3, 0.4) is 0 Å². The van der Waals surface area contributed by atoms with Gasteiger partial charge in [0.1, 0.15) is 18.3 Å². The van der Waals surface area contributed by atoms with Gasteiger partial charge in [0.25, 0.3) is 0 Å². The first-order valence-electron chi connectivity index (χ1n) is 5.19. The third-order valence-electron chi connectivity index (χ3n) is 2.60. The number of carboxylic acids is 1. The van der Waals surface area contributed by atoms with Crippen LogP contribution in [-0.2, 0) is 4.79 Å². The number of carbonyl (C=O) groups excluding carboxylic acids is 1. The summed E-state index contributed by atoms with van der Waals surface area (Å²) < 4.78 is 0. The Kier molecular flexibility index (Phi) is 4.05. The molecule has 0 aromatic rings. The SMILES string of the molecule is CCCC(O)C1=CC=C(C(=O)[O-])C[NH+]1C. The number of quaternary nitrogens is 1. The Hall–Kier alpha value is -1.13. The summed E-state index contributed by atoms with van der Waals surface area (Å²) in [5, 5.41) is 20.4. The highest BCUT2D eigenvalue weighted by Crippen LogP contribution is 2.07. The van der Waals surface area contributed by atoms with Crippen LogP contribution in [0, 0.1) is 0 Å². The van der Waals surface area contributed by atoms with Crippen LogP contribution in [0.5, 0.6) is 0 Å². The molecule has 0 amide bonds. The highest BCUT2D eigenvalue weighted by molar-refractivity contribution is 5.85. The minimum Gasteiger partial charge on any atom is -0.545 e. The van der Waals surface area contributed by atoms with E-state index in [1.165, 1.54) is 6.08 Å². The van der Waals surface area contributed by atoms with Crippen LogP contribution in [0.2, 0.25) is 0 Å². The summed E-state index contributed by atoms with van der Waals surface area (Å²) in [7, 11) is 1.85. The van der Waals surface area contributed by atoms with Gasteiger partial charge in [0, 0.05) is 5.57 Å². The minimum atomic E-state index is -1.13. The predicted molar refractivity (Wildman–Crippen MR) is 53.8 cm³/mol. The van der Waals surface area contributed by atoms with E-state index in [4.69, 9.17) is 0 Å². The number of nitrogens with one attached hydrogen (secondary N) is 1. The minimum absolute atomic E-state index is 0.278. The molecule has 0 aliphatic carbocycles. The summed E-state index contributed by atoms with van der Waals surface area (Å²) in [6, 6.07) is 0. The molecule has 0 saturated carbocycles. The molecule has 0 saturated heterocycles. The topological polar surface area (TPSA) is 64.8 Å². The van der Waals surface area contributed by atoms with Crippen LogP contribution in [0.25, 0.3) is 0 Å². The lowest BCUT2D eigenvalue weighted by Gasteiger charge is -2.25. The van der Waals surface area contributed by atoms with Crippen molar-refractivity contribution in [3.63, 3.8) is 0 Å². The molecule has 2 N–H and O–H groups in total. The molecule has 84 valence electrons. The number of carboxylic acid groups (broad SMARTS) is 1. The lowest BCUT2D eigenvalue weighted by atomic mass is 10.1. The normalized spacial score (nSPS) is 23.0. The van der Waals surface area contributed by atoms with Crippen molar-refractivity contribution in [2.45, 2.75) is 25.9 Å². The second-order valence-corrected chi connectivity index (χ2v) is 3.86. The molecule has 15 heavy (non-hydrogen) atoms. The fourth-order valence-electron chi connectivity index (χ4n) is 1.74. The molecule has 2 unspecified atom stereocenters. The van der Waals surface area contributed by atoms with Gasteiger partial charge in [-0.2, -0.15) is 0 Å². The van der Waals surface area contributed by atoms with Crippen LogP contribution < -0.4 is 10.0 Å². The Balaban J connectivity index is 2.78. The lowest BCUT2D eigenvalue weighted by Crippen LogP contribution is -3.09. The molecule has 2 atom stereocenters. The van der Waals surface area contributed by atoms with Crippen LogP contribution in [0.15, 0.2) is 23.4 Å². The number of aliphatic hydroxyl groups excluding tert-OH is 1. The molecule has 1 rings (SSSR count). The number of hydrogen-bond donors (Lipinski definition) is 2. The van der Waals surface area contributed by atoms with Gasteiger partial charge in [0.15, 0.2) is 0 Å². The van der Waals surface area contributed by atoms with Crippen molar-refractivity contribution in [3.05, 3.63) is 23.4 Å². The van der Waals surface area contributed by atoms with E-state index >= 15 is 0 Å². The first kappa shape index (κ1) is 11.9. The van der Waals surface area contributed by atoms with Gasteiger partial charge in [0.2, 0.25) is 0 Å². The van der Waals surface area contributed by atoms with E-state index in [2.05, 4.69) is 0 Å². The standard InChI is InChI=1S/C11H17NO3/c1-3-4-10(13)9-6-5-8(11(14)15)7-12(9)2/h5-6,10,13H,3-4,7H2,1-2H3,(H,14,15). The van der Waals surface area contributed by atoms with Gasteiger partial charge in [-0.05, 0) is 18.6 Å². The van der Waals surface area contributed by atoms with E-state index in [9.17, 15) is 15.0 Å². The Morgan fingerprint density at radius 3 is 2.80 bits per heavy atom. The van der Waals surface area contributed by atoms with E-state index in [1.807, 2.05) is 14.0 Å². The summed E-state index contributed by atoms with van der Waals surface area (Å²) >= 11 is 0. The third-order valence-corrected chi connectivity index (χ3v) is 2.60. The fourth-order valence-corrected chi connectivity index (χ4v) is 1.74. The third kappa shape index (κ3) is 2.91. The second kappa shape index (κ2) is 5.09. The van der Waals surface area contributed by atoms with E-state index in [0.717, 1.165) is 17.0 Å². The molecular formula is C11H17NO3. The Labute approximate surface area is 89.5 Å². The maximum atomic E-state index is 10.6. The van der Waals surface area contributed by atoms with Gasteiger partial charge in [-0.3, -0.25) is 0 Å². The van der Waals surface area contributed by atoms with Crippen molar-refractivity contribution >= 4 is 5.97 Å². The number of rotatable bonds is 4. The quantitative estimate of drug-likeness (QED) is 0.579. The van der Waals surface area contributed by atoms with Crippen molar-refractivity contribution < 1.29 is 19.9 Å². The Morgan fingerprint density at radius 2 is 2.33 bits per heavy atom. The molecule has 0 radical (unpaired) electrons. The predicted octanol–water partition coefficient (Wildman–Crippen LogP) is -1.76. The molecule has 0 aromatic heterocycles. The van der Waals surface area contributed by atoms with E-state index in [-0.39, 0.29) is 5.57 Å². The van der Waals surface area contributed by atoms with Crippen LogP contribution in [0.4, 0.5) is 0 Å². The fraction of sp³-hybridized carbons (Fsp3) is 0.545. The molecule has 1 heterocycles. The average molecular weight is 211 g/mol. The largest absolute Gasteiger partial charge is 0.545 e. The van der Waals surface area contributed by atoms with E-state index in [0.29, 0.717) is 13.0 Å². The number of allylic oxidation sites excluding steroid dienone is 2. The summed E-state index contributed by atoms with van der Waals surface area (Å²) in [6.45, 7) is 2.37. The van der Waals surface area contributed by atoms with Gasteiger partial charge in [0.05, 0.1) is 13.0 Å². The molecular weight excluding hydrogens is 194 g/mol. The van der Waals surface area contributed by atoms with Crippen molar-refractivity contribution in [3.8, 4) is 0 Å². The number of likely N-dealkylation sites (N-methyl/N-ethyl adjacent to an activating group) is 1. The maximum Gasteiger partial charge on any atom is 0.136 e. The lowest BCUT2D eigenvalue weighted by molar-refractivity contribution is -0.838. The Morgan fingerprint density at radius 1 is 1.67 bits per heavy atom.